The first-order valence-electron chi connectivity index (χ1n) is 6.70. The van der Waals surface area contributed by atoms with Gasteiger partial charge in [0.25, 0.3) is 15.0 Å². The van der Waals surface area contributed by atoms with E-state index in [1.807, 2.05) is 4.90 Å². The lowest BCUT2D eigenvalue weighted by molar-refractivity contribution is 0.0785. The molecule has 1 saturated carbocycles. The quantitative estimate of drug-likeness (QED) is 0.782. The Morgan fingerprint density at radius 3 is 2.45 bits per heavy atom. The number of aryl methyl sites for hydroxylation is 1. The highest BCUT2D eigenvalue weighted by Gasteiger charge is 2.38. The van der Waals surface area contributed by atoms with Gasteiger partial charge in [-0.2, -0.15) is 0 Å². The van der Waals surface area contributed by atoms with Gasteiger partial charge in [0.1, 0.15) is 0 Å². The van der Waals surface area contributed by atoms with Crippen LogP contribution in [0, 0.1) is 18.8 Å². The second-order valence-corrected chi connectivity index (χ2v) is 9.42. The van der Waals surface area contributed by atoms with Crippen molar-refractivity contribution < 1.29 is 13.2 Å². The molecule has 0 aromatic carbocycles. The first kappa shape index (κ1) is 14.4. The molecule has 1 saturated heterocycles. The van der Waals surface area contributed by atoms with Crippen molar-refractivity contribution in [2.24, 2.45) is 11.8 Å². The molecule has 0 spiro atoms. The van der Waals surface area contributed by atoms with Crippen molar-refractivity contribution in [3.8, 4) is 0 Å². The molecule has 0 bridgehead atoms. The maximum absolute atomic E-state index is 12.5. The van der Waals surface area contributed by atoms with E-state index in [2.05, 4.69) is 0 Å². The molecule has 2 aliphatic rings. The fourth-order valence-corrected chi connectivity index (χ4v) is 6.00. The van der Waals surface area contributed by atoms with Crippen LogP contribution in [-0.2, 0) is 9.05 Å². The predicted molar refractivity (Wildman–Crippen MR) is 78.8 cm³/mol. The highest BCUT2D eigenvalue weighted by molar-refractivity contribution is 8.13. The standard InChI is InChI=1S/C13H16ClNO3S2/c1-8-12(20(14,17)18)5-11(19-8)13(16)15-6-9-3-2-4-10(9)7-15/h5,9-10H,2-4,6-7H2,1H3. The first-order chi connectivity index (χ1) is 9.36. The van der Waals surface area contributed by atoms with E-state index in [0.29, 0.717) is 21.6 Å². The third-order valence-corrected chi connectivity index (χ3v) is 6.97. The molecule has 1 aliphatic carbocycles. The van der Waals surface area contributed by atoms with Crippen molar-refractivity contribution in [1.29, 1.82) is 0 Å². The van der Waals surface area contributed by atoms with Crippen LogP contribution in [0.3, 0.4) is 0 Å². The van der Waals surface area contributed by atoms with Crippen molar-refractivity contribution in [3.05, 3.63) is 15.8 Å². The largest absolute Gasteiger partial charge is 0.337 e. The minimum Gasteiger partial charge on any atom is -0.337 e. The summed E-state index contributed by atoms with van der Waals surface area (Å²) < 4.78 is 22.8. The van der Waals surface area contributed by atoms with Gasteiger partial charge in [0.2, 0.25) is 0 Å². The molecule has 0 N–H and O–H groups in total. The van der Waals surface area contributed by atoms with Crippen LogP contribution in [0.15, 0.2) is 11.0 Å². The molecule has 1 aliphatic heterocycles. The molecular weight excluding hydrogens is 318 g/mol. The molecule has 7 heteroatoms. The lowest BCUT2D eigenvalue weighted by atomic mass is 10.0. The SMILES string of the molecule is Cc1sc(C(=O)N2CC3CCCC3C2)cc1S(=O)(=O)Cl. The third kappa shape index (κ3) is 2.49. The summed E-state index contributed by atoms with van der Waals surface area (Å²) in [6.07, 6.45) is 3.68. The number of halogens is 1. The number of carbonyl (C=O) groups is 1. The van der Waals surface area contributed by atoms with Gasteiger partial charge in [0, 0.05) is 28.6 Å². The van der Waals surface area contributed by atoms with Crippen LogP contribution in [0.2, 0.25) is 0 Å². The molecule has 20 heavy (non-hydrogen) atoms. The molecule has 4 nitrogen and oxygen atoms in total. The van der Waals surface area contributed by atoms with E-state index < -0.39 is 9.05 Å². The Hall–Kier alpha value is -0.590. The van der Waals surface area contributed by atoms with Crippen molar-refractivity contribution in [2.75, 3.05) is 13.1 Å². The second kappa shape index (κ2) is 5.00. The van der Waals surface area contributed by atoms with E-state index in [-0.39, 0.29) is 10.8 Å². The molecule has 1 amide bonds. The Morgan fingerprint density at radius 1 is 1.35 bits per heavy atom. The number of carbonyl (C=O) groups excluding carboxylic acids is 1. The summed E-state index contributed by atoms with van der Waals surface area (Å²) in [4.78, 5) is 15.4. The molecule has 0 radical (unpaired) electrons. The number of nitrogens with zero attached hydrogens (tertiary/aromatic N) is 1. The summed E-state index contributed by atoms with van der Waals surface area (Å²) in [7, 11) is 1.60. The van der Waals surface area contributed by atoms with Gasteiger partial charge in [0.05, 0.1) is 9.77 Å². The minimum atomic E-state index is -3.77. The number of fused-ring (bicyclic) bond motifs is 1. The van der Waals surface area contributed by atoms with Crippen LogP contribution >= 0.6 is 22.0 Å². The highest BCUT2D eigenvalue weighted by Crippen LogP contribution is 2.39. The Labute approximate surface area is 127 Å². The number of amides is 1. The average molecular weight is 334 g/mol. The average Bonchev–Trinajstić information content (AvgIpc) is 2.98. The van der Waals surface area contributed by atoms with Gasteiger partial charge in [-0.1, -0.05) is 6.42 Å². The maximum Gasteiger partial charge on any atom is 0.263 e. The lowest BCUT2D eigenvalue weighted by Crippen LogP contribution is -2.28. The maximum atomic E-state index is 12.5. The van der Waals surface area contributed by atoms with Crippen molar-refractivity contribution >= 4 is 37.0 Å². The Morgan fingerprint density at radius 2 is 1.95 bits per heavy atom. The van der Waals surface area contributed by atoms with Gasteiger partial charge < -0.3 is 4.90 Å². The predicted octanol–water partition coefficient (Wildman–Crippen LogP) is 2.86. The third-order valence-electron chi connectivity index (χ3n) is 4.36. The van der Waals surface area contributed by atoms with Gasteiger partial charge in [-0.15, -0.1) is 11.3 Å². The van der Waals surface area contributed by atoms with Gasteiger partial charge in [-0.3, -0.25) is 4.79 Å². The Balaban J connectivity index is 1.82. The van der Waals surface area contributed by atoms with Crippen molar-refractivity contribution in [1.82, 2.24) is 4.90 Å². The summed E-state index contributed by atoms with van der Waals surface area (Å²) in [5.74, 6) is 1.21. The van der Waals surface area contributed by atoms with Crippen molar-refractivity contribution in [3.63, 3.8) is 0 Å². The zero-order valence-electron chi connectivity index (χ0n) is 11.1. The lowest BCUT2D eigenvalue weighted by Gasteiger charge is -2.16. The van der Waals surface area contributed by atoms with Gasteiger partial charge >= 0.3 is 0 Å². The van der Waals surface area contributed by atoms with Crippen LogP contribution < -0.4 is 0 Å². The van der Waals surface area contributed by atoms with Crippen LogP contribution in [0.4, 0.5) is 0 Å². The summed E-state index contributed by atoms with van der Waals surface area (Å²) >= 11 is 1.21. The molecule has 110 valence electrons. The smallest absolute Gasteiger partial charge is 0.263 e. The molecular formula is C13H16ClNO3S2. The van der Waals surface area contributed by atoms with Gasteiger partial charge in [-0.05, 0) is 37.7 Å². The zero-order valence-corrected chi connectivity index (χ0v) is 13.5. The minimum absolute atomic E-state index is 0.0564. The molecule has 2 atom stereocenters. The summed E-state index contributed by atoms with van der Waals surface area (Å²) in [5.41, 5.74) is 0. The summed E-state index contributed by atoms with van der Waals surface area (Å²) in [6.45, 7) is 3.29. The van der Waals surface area contributed by atoms with E-state index >= 15 is 0 Å². The Kier molecular flexibility index (Phi) is 3.59. The molecule has 3 rings (SSSR count). The van der Waals surface area contributed by atoms with E-state index in [9.17, 15) is 13.2 Å². The Bertz CT molecular complexity index is 641. The number of likely N-dealkylation sites (tertiary alicyclic amines) is 1. The monoisotopic (exact) mass is 333 g/mol. The number of hydrogen-bond acceptors (Lipinski definition) is 4. The normalized spacial score (nSPS) is 26.0. The van der Waals surface area contributed by atoms with E-state index in [1.54, 1.807) is 6.92 Å². The molecule has 1 aromatic heterocycles. The second-order valence-electron chi connectivity index (χ2n) is 5.63. The number of thiophene rings is 1. The highest BCUT2D eigenvalue weighted by atomic mass is 35.7. The van der Waals surface area contributed by atoms with E-state index in [1.165, 1.54) is 36.7 Å². The number of rotatable bonds is 2. The fraction of sp³-hybridized carbons (Fsp3) is 0.615. The molecule has 2 fully saturated rings. The fourth-order valence-electron chi connectivity index (χ4n) is 3.37. The van der Waals surface area contributed by atoms with Crippen LogP contribution in [0.1, 0.15) is 33.8 Å². The molecule has 1 aromatic rings. The first-order valence-corrected chi connectivity index (χ1v) is 9.83. The van der Waals surface area contributed by atoms with Gasteiger partial charge in [0.15, 0.2) is 0 Å². The van der Waals surface area contributed by atoms with Crippen LogP contribution in [0.5, 0.6) is 0 Å². The number of hydrogen-bond donors (Lipinski definition) is 0. The molecule has 2 unspecified atom stereocenters. The topological polar surface area (TPSA) is 54.5 Å². The molecule has 2 heterocycles. The summed E-state index contributed by atoms with van der Waals surface area (Å²) in [6, 6.07) is 1.42. The van der Waals surface area contributed by atoms with Crippen molar-refractivity contribution in [2.45, 2.75) is 31.1 Å². The zero-order chi connectivity index (χ0) is 14.5. The van der Waals surface area contributed by atoms with Crippen LogP contribution in [0.25, 0.3) is 0 Å². The van der Waals surface area contributed by atoms with E-state index in [4.69, 9.17) is 10.7 Å². The van der Waals surface area contributed by atoms with Gasteiger partial charge in [-0.25, -0.2) is 8.42 Å². The summed E-state index contributed by atoms with van der Waals surface area (Å²) in [5, 5.41) is 0. The van der Waals surface area contributed by atoms with Crippen LogP contribution in [-0.4, -0.2) is 32.3 Å². The van der Waals surface area contributed by atoms with E-state index in [0.717, 1.165) is 13.1 Å².